The Kier molecular flexibility index (Phi) is 5.69. The fourth-order valence-corrected chi connectivity index (χ4v) is 6.48. The fraction of sp³-hybridized carbons (Fsp3) is 0.231. The monoisotopic (exact) mass is 501 g/mol. The Hall–Kier alpha value is -2.96. The number of carboxylic acids is 1. The van der Waals surface area contributed by atoms with Crippen LogP contribution in [0.15, 0.2) is 20.1 Å². The molecule has 1 saturated heterocycles. The number of anilines is 2. The SMILES string of the molecule is Nc1nc(/C(=N\O)C(=O)N[C@@H]2C(=O)N3C(C(=O)O)=C(Sc4nnc(N)s4)CSC23)ns1. The van der Waals surface area contributed by atoms with Gasteiger partial charge in [-0.3, -0.25) is 14.5 Å². The van der Waals surface area contributed by atoms with Gasteiger partial charge in [0, 0.05) is 22.2 Å². The Morgan fingerprint density at radius 2 is 2.06 bits per heavy atom. The van der Waals surface area contributed by atoms with E-state index in [-0.39, 0.29) is 27.5 Å². The van der Waals surface area contributed by atoms with Crippen LogP contribution in [0.1, 0.15) is 5.82 Å². The molecule has 7 N–H and O–H groups in total. The van der Waals surface area contributed by atoms with Crippen LogP contribution in [0.4, 0.5) is 10.3 Å². The Bertz CT molecular complexity index is 1140. The average molecular weight is 502 g/mol. The topological polar surface area (TPSA) is 223 Å². The van der Waals surface area contributed by atoms with Gasteiger partial charge >= 0.3 is 5.97 Å². The van der Waals surface area contributed by atoms with Crippen molar-refractivity contribution < 1.29 is 24.7 Å². The average Bonchev–Trinajstić information content (AvgIpc) is 3.34. The van der Waals surface area contributed by atoms with Gasteiger partial charge in [0.2, 0.25) is 16.7 Å². The minimum Gasteiger partial charge on any atom is -0.477 e. The second-order valence-corrected chi connectivity index (χ2v) is 10.1. The number of amides is 2. The first-order valence-corrected chi connectivity index (χ1v) is 11.6. The minimum absolute atomic E-state index is 0.0659. The highest BCUT2D eigenvalue weighted by molar-refractivity contribution is 8.07. The van der Waals surface area contributed by atoms with Crippen LogP contribution in [-0.4, -0.2) is 75.4 Å². The quantitative estimate of drug-likeness (QED) is 0.142. The molecule has 2 aromatic heterocycles. The number of aromatic nitrogens is 4. The summed E-state index contributed by atoms with van der Waals surface area (Å²) in [5, 5.41) is 31.3. The molecule has 2 aromatic rings. The van der Waals surface area contributed by atoms with E-state index in [9.17, 15) is 19.5 Å². The molecule has 31 heavy (non-hydrogen) atoms. The third-order valence-corrected chi connectivity index (χ3v) is 7.92. The fourth-order valence-electron chi connectivity index (χ4n) is 2.77. The molecule has 0 radical (unpaired) electrons. The molecule has 162 valence electrons. The largest absolute Gasteiger partial charge is 0.477 e. The van der Waals surface area contributed by atoms with Crippen LogP contribution in [0.25, 0.3) is 0 Å². The van der Waals surface area contributed by atoms with Gasteiger partial charge in [0.1, 0.15) is 17.1 Å². The first kappa shape index (κ1) is 21.3. The number of carbonyl (C=O) groups is 3. The number of nitrogens with two attached hydrogens (primary N) is 2. The molecule has 2 aliphatic heterocycles. The lowest BCUT2D eigenvalue weighted by molar-refractivity contribution is -0.150. The summed E-state index contributed by atoms with van der Waals surface area (Å²) in [6.45, 7) is 0. The van der Waals surface area contributed by atoms with E-state index < -0.39 is 34.9 Å². The second-order valence-electron chi connectivity index (χ2n) is 5.85. The molecule has 2 amide bonds. The van der Waals surface area contributed by atoms with Crippen LogP contribution in [-0.2, 0) is 14.4 Å². The number of rotatable bonds is 6. The predicted octanol–water partition coefficient (Wildman–Crippen LogP) is -0.779. The molecule has 0 aliphatic carbocycles. The highest BCUT2D eigenvalue weighted by Crippen LogP contribution is 2.45. The van der Waals surface area contributed by atoms with Crippen molar-refractivity contribution in [3.63, 3.8) is 0 Å². The summed E-state index contributed by atoms with van der Waals surface area (Å²) in [6.07, 6.45) is 0. The van der Waals surface area contributed by atoms with E-state index in [1.165, 1.54) is 11.8 Å². The first-order chi connectivity index (χ1) is 14.8. The van der Waals surface area contributed by atoms with E-state index in [2.05, 4.69) is 30.0 Å². The Morgan fingerprint density at radius 1 is 1.29 bits per heavy atom. The number of nitrogen functional groups attached to an aromatic ring is 2. The molecule has 1 fully saturated rings. The third-order valence-electron chi connectivity index (χ3n) is 4.02. The zero-order valence-electron chi connectivity index (χ0n) is 15.0. The first-order valence-electron chi connectivity index (χ1n) is 8.10. The number of fused-ring (bicyclic) bond motifs is 1. The number of carbonyl (C=O) groups excluding carboxylic acids is 2. The van der Waals surface area contributed by atoms with Crippen molar-refractivity contribution in [2.24, 2.45) is 5.16 Å². The van der Waals surface area contributed by atoms with Gasteiger partial charge in [-0.2, -0.15) is 9.36 Å². The van der Waals surface area contributed by atoms with Crippen molar-refractivity contribution >= 4 is 80.2 Å². The number of hydrogen-bond donors (Lipinski definition) is 5. The maximum atomic E-state index is 12.7. The number of thioether (sulfide) groups is 2. The molecule has 4 heterocycles. The number of nitrogens with zero attached hydrogens (tertiary/aromatic N) is 6. The van der Waals surface area contributed by atoms with E-state index in [1.54, 1.807) is 0 Å². The Labute approximate surface area is 188 Å². The number of hydrogen-bond acceptors (Lipinski definition) is 15. The van der Waals surface area contributed by atoms with Crippen LogP contribution < -0.4 is 16.8 Å². The molecular formula is C13H11N9O5S4. The van der Waals surface area contributed by atoms with Crippen LogP contribution in [0, 0.1) is 0 Å². The molecule has 0 bridgehead atoms. The number of aliphatic carboxylic acids is 1. The zero-order valence-corrected chi connectivity index (χ0v) is 18.2. The number of oxime groups is 1. The van der Waals surface area contributed by atoms with Crippen LogP contribution in [0.2, 0.25) is 0 Å². The summed E-state index contributed by atoms with van der Waals surface area (Å²) in [7, 11) is 0. The predicted molar refractivity (Wildman–Crippen MR) is 113 cm³/mol. The highest BCUT2D eigenvalue weighted by atomic mass is 32.2. The van der Waals surface area contributed by atoms with E-state index in [1.807, 2.05) is 0 Å². The van der Waals surface area contributed by atoms with E-state index in [4.69, 9.17) is 16.7 Å². The Morgan fingerprint density at radius 3 is 2.65 bits per heavy atom. The lowest BCUT2D eigenvalue weighted by atomic mass is 10.0. The van der Waals surface area contributed by atoms with Gasteiger partial charge in [-0.05, 0) is 0 Å². The minimum atomic E-state index is -1.29. The van der Waals surface area contributed by atoms with E-state index in [0.717, 1.165) is 39.5 Å². The van der Waals surface area contributed by atoms with Crippen molar-refractivity contribution in [3.05, 3.63) is 16.4 Å². The number of β-lactam (4-membered cyclic amide) rings is 1. The number of carboxylic acid groups (broad SMARTS) is 1. The summed E-state index contributed by atoms with van der Waals surface area (Å²) in [4.78, 5) is 42.3. The van der Waals surface area contributed by atoms with E-state index in [0.29, 0.717) is 9.24 Å². The third kappa shape index (κ3) is 3.89. The van der Waals surface area contributed by atoms with Crippen LogP contribution in [0.3, 0.4) is 0 Å². The molecule has 0 aromatic carbocycles. The van der Waals surface area contributed by atoms with Gasteiger partial charge in [0.05, 0.1) is 0 Å². The van der Waals surface area contributed by atoms with Crippen LogP contribution >= 0.6 is 46.4 Å². The highest BCUT2D eigenvalue weighted by Gasteiger charge is 2.54. The molecule has 14 nitrogen and oxygen atoms in total. The van der Waals surface area contributed by atoms with Crippen molar-refractivity contribution in [2.75, 3.05) is 17.2 Å². The lowest BCUT2D eigenvalue weighted by Gasteiger charge is -2.49. The summed E-state index contributed by atoms with van der Waals surface area (Å²) < 4.78 is 4.24. The van der Waals surface area contributed by atoms with Crippen molar-refractivity contribution in [1.82, 2.24) is 29.8 Å². The van der Waals surface area contributed by atoms with Gasteiger partial charge in [-0.1, -0.05) is 28.3 Å². The summed E-state index contributed by atoms with van der Waals surface area (Å²) in [6, 6.07) is -1.02. The zero-order chi connectivity index (χ0) is 22.3. The molecular weight excluding hydrogens is 490 g/mol. The maximum Gasteiger partial charge on any atom is 0.353 e. The summed E-state index contributed by atoms with van der Waals surface area (Å²) >= 11 is 4.23. The van der Waals surface area contributed by atoms with Gasteiger partial charge in [-0.15, -0.1) is 22.0 Å². The normalized spacial score (nSPS) is 21.0. The van der Waals surface area contributed by atoms with Gasteiger partial charge in [-0.25, -0.2) is 4.79 Å². The summed E-state index contributed by atoms with van der Waals surface area (Å²) in [5.74, 6) is -2.74. The van der Waals surface area contributed by atoms with Gasteiger partial charge < -0.3 is 27.1 Å². The molecule has 18 heteroatoms. The molecule has 4 rings (SSSR count). The smallest absolute Gasteiger partial charge is 0.353 e. The molecule has 2 aliphatic rings. The Balaban J connectivity index is 1.52. The lowest BCUT2D eigenvalue weighted by Crippen LogP contribution is -2.71. The van der Waals surface area contributed by atoms with Crippen molar-refractivity contribution in [3.8, 4) is 0 Å². The van der Waals surface area contributed by atoms with Crippen molar-refractivity contribution in [2.45, 2.75) is 15.8 Å². The van der Waals surface area contributed by atoms with E-state index >= 15 is 0 Å². The standard InChI is InChI=1S/C13H11N9O5S4/c14-11-17-6(21-31-11)3(20-27)7(23)16-4-8(24)22-5(10(25)26)2(1-28-9(4)22)29-13-19-18-12(15)30-13/h4,9,27H,1H2,(H2,15,18)(H,16,23)(H,25,26)(H2,14,17,21)/b20-3+/t4-,9?/m1/s1. The second kappa shape index (κ2) is 8.29. The van der Waals surface area contributed by atoms with Crippen LogP contribution in [0.5, 0.6) is 0 Å². The molecule has 0 spiro atoms. The van der Waals surface area contributed by atoms with Gasteiger partial charge in [0.25, 0.3) is 11.8 Å². The molecule has 1 unspecified atom stereocenters. The van der Waals surface area contributed by atoms with Crippen molar-refractivity contribution in [1.29, 1.82) is 0 Å². The summed E-state index contributed by atoms with van der Waals surface area (Å²) in [5.41, 5.74) is 10.3. The molecule has 2 atom stereocenters. The maximum absolute atomic E-state index is 12.7. The molecule has 0 saturated carbocycles. The number of nitrogens with one attached hydrogen (secondary N) is 1. The van der Waals surface area contributed by atoms with Gasteiger partial charge in [0.15, 0.2) is 9.47 Å².